The number of aliphatic carboxylic acids is 1. The molecule has 13 nitrogen and oxygen atoms in total. The maximum atomic E-state index is 13.0. The Balaban J connectivity index is 1.38. The van der Waals surface area contributed by atoms with Gasteiger partial charge < -0.3 is 35.9 Å². The summed E-state index contributed by atoms with van der Waals surface area (Å²) in [6.07, 6.45) is 4.70. The molecular formula is C23H21N7O6S. The van der Waals surface area contributed by atoms with Gasteiger partial charge in [-0.25, -0.2) is 0 Å². The number of nitrogens with two attached hydrogens (primary N) is 2. The summed E-state index contributed by atoms with van der Waals surface area (Å²) in [6, 6.07) is 6.39. The number of β-lactam (4-membered cyclic amide) rings is 1. The number of amides is 2. The Bertz CT molecular complexity index is 1500. The number of carbonyl (C=O) groups excluding carboxylic acids is 3. The van der Waals surface area contributed by atoms with Crippen LogP contribution in [0.1, 0.15) is 5.69 Å². The Morgan fingerprint density at radius 3 is 2.84 bits per heavy atom. The third-order valence-corrected chi connectivity index (χ3v) is 7.28. The van der Waals surface area contributed by atoms with Crippen LogP contribution in [0.15, 0.2) is 63.8 Å². The van der Waals surface area contributed by atoms with Crippen molar-refractivity contribution in [3.63, 3.8) is 0 Å². The number of hydrogen-bond acceptors (Lipinski definition) is 11. The summed E-state index contributed by atoms with van der Waals surface area (Å²) < 4.78 is 6.68. The zero-order valence-electron chi connectivity index (χ0n) is 19.4. The van der Waals surface area contributed by atoms with Crippen LogP contribution in [0.25, 0.3) is 10.8 Å². The van der Waals surface area contributed by atoms with E-state index in [2.05, 4.69) is 15.5 Å². The number of thioether (sulfide) groups is 1. The molecule has 1 aromatic carbocycles. The summed E-state index contributed by atoms with van der Waals surface area (Å²) in [7, 11) is 1.24. The average molecular weight is 524 g/mol. The number of nitrogens with zero attached hydrogens (tertiary/aromatic N) is 4. The van der Waals surface area contributed by atoms with Crippen molar-refractivity contribution < 1.29 is 33.3 Å². The van der Waals surface area contributed by atoms with Gasteiger partial charge in [0.25, 0.3) is 17.8 Å². The van der Waals surface area contributed by atoms with Gasteiger partial charge in [-0.05, 0) is 6.07 Å². The number of benzene rings is 1. The molecule has 0 saturated carbocycles. The van der Waals surface area contributed by atoms with Crippen LogP contribution in [0.5, 0.6) is 0 Å². The maximum absolute atomic E-state index is 13.0. The number of anilines is 2. The second kappa shape index (κ2) is 9.46. The van der Waals surface area contributed by atoms with Crippen molar-refractivity contribution in [3.05, 3.63) is 59.9 Å². The van der Waals surface area contributed by atoms with E-state index >= 15 is 0 Å². The van der Waals surface area contributed by atoms with Gasteiger partial charge in [0.1, 0.15) is 36.2 Å². The molecule has 2 atom stereocenters. The second-order valence-corrected chi connectivity index (χ2v) is 9.37. The quantitative estimate of drug-likeness (QED) is 0.146. The van der Waals surface area contributed by atoms with Crippen LogP contribution >= 0.6 is 11.8 Å². The highest BCUT2D eigenvalue weighted by Crippen LogP contribution is 2.40. The largest absolute Gasteiger partial charge is 0.543 e. The van der Waals surface area contributed by atoms with E-state index in [0.717, 1.165) is 21.9 Å². The van der Waals surface area contributed by atoms with E-state index in [9.17, 15) is 19.5 Å². The van der Waals surface area contributed by atoms with Gasteiger partial charge in [-0.3, -0.25) is 14.5 Å². The van der Waals surface area contributed by atoms with E-state index < -0.39 is 29.2 Å². The molecule has 1 saturated heterocycles. The number of pyridine rings is 1. The number of carbonyl (C=O) groups is 3. The van der Waals surface area contributed by atoms with Gasteiger partial charge in [0.2, 0.25) is 0 Å². The fourth-order valence-electron chi connectivity index (χ4n) is 4.34. The summed E-state index contributed by atoms with van der Waals surface area (Å²) in [5.41, 5.74) is 12.2. The Hall–Kier alpha value is -4.59. The lowest BCUT2D eigenvalue weighted by Gasteiger charge is -2.50. The smallest absolute Gasteiger partial charge is 0.292 e. The number of rotatable bonds is 7. The Kier molecular flexibility index (Phi) is 6.17. The molecule has 190 valence electrons. The van der Waals surface area contributed by atoms with Crippen molar-refractivity contribution in [3.8, 4) is 0 Å². The third-order valence-electron chi connectivity index (χ3n) is 5.94. The van der Waals surface area contributed by atoms with E-state index in [-0.39, 0.29) is 29.7 Å². The van der Waals surface area contributed by atoms with Gasteiger partial charge in [0.15, 0.2) is 24.7 Å². The van der Waals surface area contributed by atoms with Crippen molar-refractivity contribution in [1.82, 2.24) is 15.2 Å². The van der Waals surface area contributed by atoms with E-state index in [1.807, 2.05) is 30.5 Å². The lowest BCUT2D eigenvalue weighted by atomic mass is 10.0. The molecule has 4 heterocycles. The molecule has 0 bridgehead atoms. The predicted octanol–water partition coefficient (Wildman–Crippen LogP) is -1.27. The monoisotopic (exact) mass is 523 g/mol. The van der Waals surface area contributed by atoms with Crippen molar-refractivity contribution in [2.45, 2.75) is 18.0 Å². The number of nitrogen functional groups attached to an aromatic ring is 2. The number of carboxylic acid groups (broad SMARTS) is 1. The van der Waals surface area contributed by atoms with Gasteiger partial charge in [-0.2, -0.15) is 9.55 Å². The summed E-state index contributed by atoms with van der Waals surface area (Å²) in [5.74, 6) is -2.54. The fraction of sp³-hybridized carbons (Fsp3) is 0.217. The second-order valence-electron chi connectivity index (χ2n) is 8.27. The van der Waals surface area contributed by atoms with Gasteiger partial charge in [-0.15, -0.1) is 11.8 Å². The molecule has 2 aromatic heterocycles. The fourth-order valence-corrected chi connectivity index (χ4v) is 5.68. The summed E-state index contributed by atoms with van der Waals surface area (Å²) in [5, 5.41) is 19.5. The number of hydrogen-bond donors (Lipinski definition) is 3. The molecule has 5 N–H and O–H groups in total. The molecule has 14 heteroatoms. The first-order chi connectivity index (χ1) is 17.8. The number of nitrogens with one attached hydrogen (secondary N) is 1. The molecule has 5 rings (SSSR count). The first kappa shape index (κ1) is 24.1. The predicted molar refractivity (Wildman–Crippen MR) is 130 cm³/mol. The molecule has 2 aliphatic rings. The normalized spacial score (nSPS) is 19.4. The molecule has 0 spiro atoms. The molecule has 1 unspecified atom stereocenters. The summed E-state index contributed by atoms with van der Waals surface area (Å²) in [6.45, 7) is 0.192. The summed E-state index contributed by atoms with van der Waals surface area (Å²) >= 11 is 1.32. The number of fused-ring (bicyclic) bond motifs is 2. The van der Waals surface area contributed by atoms with Gasteiger partial charge in [0, 0.05) is 22.1 Å². The number of oxazole rings is 1. The molecule has 3 aromatic rings. The zero-order chi connectivity index (χ0) is 26.3. The van der Waals surface area contributed by atoms with Crippen molar-refractivity contribution >= 4 is 57.7 Å². The van der Waals surface area contributed by atoms with Crippen LogP contribution in [0, 0.1) is 0 Å². The number of oxime groups is 1. The van der Waals surface area contributed by atoms with Crippen molar-refractivity contribution in [1.29, 1.82) is 0 Å². The van der Waals surface area contributed by atoms with Crippen molar-refractivity contribution in [2.75, 3.05) is 24.3 Å². The molecule has 2 amide bonds. The molecule has 2 aliphatic heterocycles. The molecule has 0 aliphatic carbocycles. The highest BCUT2D eigenvalue weighted by Gasteiger charge is 2.53. The first-order valence-corrected chi connectivity index (χ1v) is 12.0. The minimum atomic E-state index is -1.48. The SMILES string of the molecule is CON=C(C(=O)NC1C(=O)N2C(C(=O)[O-])=C(C[n+]3cc(N)c4ccccc4c3)CS[C@@H]12)c1coc(N)n1. The molecule has 37 heavy (non-hydrogen) atoms. The standard InChI is InChI=1S/C23H21N7O6S/c1-35-28-16(15-9-36-23(25)26-15)19(31)27-17-20(32)30-18(22(33)34)12(10-37-21(17)30)7-29-6-11-4-2-3-5-13(11)14(24)8-29/h2-6,8-9,17,21H,7,10,24H2,1H3,(H3-,25,26,27,31,33,34)/t17?,21-/m0/s1. The topological polar surface area (TPSA) is 193 Å². The average Bonchev–Trinajstić information content (AvgIpc) is 3.31. The Morgan fingerprint density at radius 2 is 2.14 bits per heavy atom. The van der Waals surface area contributed by atoms with Crippen molar-refractivity contribution in [2.24, 2.45) is 5.16 Å². The first-order valence-electron chi connectivity index (χ1n) is 11.0. The lowest BCUT2D eigenvalue weighted by molar-refractivity contribution is -0.687. The Morgan fingerprint density at radius 1 is 1.35 bits per heavy atom. The minimum Gasteiger partial charge on any atom is -0.543 e. The summed E-state index contributed by atoms with van der Waals surface area (Å²) in [4.78, 5) is 47.7. The van der Waals surface area contributed by atoms with Gasteiger partial charge in [0.05, 0.1) is 11.7 Å². The zero-order valence-corrected chi connectivity index (χ0v) is 20.2. The molecule has 0 radical (unpaired) electrons. The van der Waals surface area contributed by atoms with E-state index in [1.54, 1.807) is 10.8 Å². The molecule has 1 fully saturated rings. The highest BCUT2D eigenvalue weighted by molar-refractivity contribution is 8.00. The number of carboxylic acids is 1. The van der Waals surface area contributed by atoms with Gasteiger partial charge >= 0.3 is 0 Å². The maximum Gasteiger partial charge on any atom is 0.292 e. The lowest BCUT2D eigenvalue weighted by Crippen LogP contribution is -2.71. The van der Waals surface area contributed by atoms with Crippen LogP contribution < -0.4 is 26.5 Å². The van der Waals surface area contributed by atoms with Crippen LogP contribution in [0.3, 0.4) is 0 Å². The number of aromatic nitrogens is 2. The Labute approximate surface area is 213 Å². The van der Waals surface area contributed by atoms with Crippen LogP contribution in [0.2, 0.25) is 0 Å². The van der Waals surface area contributed by atoms with E-state index in [1.165, 1.54) is 18.9 Å². The third kappa shape index (κ3) is 4.31. The van der Waals surface area contributed by atoms with Crippen LogP contribution in [-0.2, 0) is 25.8 Å². The van der Waals surface area contributed by atoms with E-state index in [0.29, 0.717) is 17.0 Å². The minimum absolute atomic E-state index is 0.0149. The molecular weight excluding hydrogens is 502 g/mol. The van der Waals surface area contributed by atoms with Crippen LogP contribution in [0.4, 0.5) is 11.7 Å². The van der Waals surface area contributed by atoms with Gasteiger partial charge in [-0.1, -0.05) is 23.4 Å². The van der Waals surface area contributed by atoms with E-state index in [4.69, 9.17) is 20.7 Å². The van der Waals surface area contributed by atoms with Crippen LogP contribution in [-0.4, -0.2) is 57.7 Å². The highest BCUT2D eigenvalue weighted by atomic mass is 32.2.